The van der Waals surface area contributed by atoms with E-state index >= 15 is 0 Å². The molecular formula is C18H26N6OS. The van der Waals surface area contributed by atoms with Gasteiger partial charge in [-0.15, -0.1) is 10.2 Å². The zero-order valence-electron chi connectivity index (χ0n) is 15.1. The molecule has 1 unspecified atom stereocenters. The first-order chi connectivity index (χ1) is 12.8. The van der Waals surface area contributed by atoms with Gasteiger partial charge in [0.1, 0.15) is 5.51 Å². The van der Waals surface area contributed by atoms with Crippen LogP contribution < -0.4 is 10.9 Å². The first kappa shape index (κ1) is 17.6. The van der Waals surface area contributed by atoms with Crippen LogP contribution in [-0.2, 0) is 19.4 Å². The maximum atomic E-state index is 12.4. The van der Waals surface area contributed by atoms with Gasteiger partial charge >= 0.3 is 0 Å². The average molecular weight is 375 g/mol. The van der Waals surface area contributed by atoms with Crippen LogP contribution in [0.3, 0.4) is 0 Å². The molecule has 0 spiro atoms. The van der Waals surface area contributed by atoms with Crippen LogP contribution in [-0.4, -0.2) is 50.6 Å². The van der Waals surface area contributed by atoms with Crippen molar-refractivity contribution in [1.82, 2.24) is 24.9 Å². The number of nitrogens with one attached hydrogen (secondary N) is 1. The van der Waals surface area contributed by atoms with Gasteiger partial charge in [0.15, 0.2) is 0 Å². The van der Waals surface area contributed by atoms with Crippen LogP contribution in [0.2, 0.25) is 0 Å². The largest absolute Gasteiger partial charge is 0.359 e. The number of nitrogens with zero attached hydrogens (tertiary/aromatic N) is 5. The van der Waals surface area contributed by atoms with E-state index in [0.29, 0.717) is 12.6 Å². The highest BCUT2D eigenvalue weighted by molar-refractivity contribution is 7.13. The van der Waals surface area contributed by atoms with Gasteiger partial charge in [-0.05, 0) is 50.6 Å². The van der Waals surface area contributed by atoms with Gasteiger partial charge in [0.25, 0.3) is 5.56 Å². The molecule has 0 aromatic carbocycles. The van der Waals surface area contributed by atoms with Gasteiger partial charge in [-0.25, -0.2) is 4.68 Å². The number of anilines is 1. The number of aromatic nitrogens is 4. The predicted octanol–water partition coefficient (Wildman–Crippen LogP) is 1.94. The van der Waals surface area contributed by atoms with Crippen molar-refractivity contribution in [1.29, 1.82) is 0 Å². The number of hydrogen-bond donors (Lipinski definition) is 1. The topological polar surface area (TPSA) is 75.9 Å². The van der Waals surface area contributed by atoms with E-state index in [2.05, 4.69) is 25.5 Å². The van der Waals surface area contributed by atoms with E-state index in [-0.39, 0.29) is 5.56 Å². The lowest BCUT2D eigenvalue weighted by Crippen LogP contribution is -2.45. The molecule has 2 aliphatic rings. The molecule has 0 amide bonds. The quantitative estimate of drug-likeness (QED) is 0.833. The maximum absolute atomic E-state index is 12.4. The molecule has 0 bridgehead atoms. The standard InChI is InChI=1S/C18H26N6OS/c25-17-11-14-5-1-2-7-16(14)22-24(17)10-9-23-8-4-3-6-15(23)12-19-18-21-20-13-26-18/h11,13,15H,1-10,12H2,(H,19,21). The summed E-state index contributed by atoms with van der Waals surface area (Å²) in [7, 11) is 0. The third-order valence-corrected chi connectivity index (χ3v) is 6.12. The molecule has 8 heteroatoms. The Morgan fingerprint density at radius 2 is 2.12 bits per heavy atom. The van der Waals surface area contributed by atoms with Crippen LogP contribution in [0.1, 0.15) is 43.4 Å². The highest BCUT2D eigenvalue weighted by atomic mass is 32.1. The molecular weight excluding hydrogens is 348 g/mol. The number of rotatable bonds is 6. The molecule has 7 nitrogen and oxygen atoms in total. The summed E-state index contributed by atoms with van der Waals surface area (Å²) < 4.78 is 1.67. The molecule has 3 heterocycles. The summed E-state index contributed by atoms with van der Waals surface area (Å²) in [5.74, 6) is 0. The third kappa shape index (κ3) is 4.12. The van der Waals surface area contributed by atoms with Crippen molar-refractivity contribution < 1.29 is 0 Å². The summed E-state index contributed by atoms with van der Waals surface area (Å²) in [5, 5.41) is 16.9. The molecule has 1 aliphatic carbocycles. The molecule has 1 aliphatic heterocycles. The predicted molar refractivity (Wildman–Crippen MR) is 103 cm³/mol. The first-order valence-electron chi connectivity index (χ1n) is 9.63. The first-order valence-corrected chi connectivity index (χ1v) is 10.5. The molecule has 2 aromatic heterocycles. The maximum Gasteiger partial charge on any atom is 0.267 e. The van der Waals surface area contributed by atoms with Gasteiger partial charge in [-0.2, -0.15) is 5.10 Å². The Bertz CT molecular complexity index is 774. The van der Waals surface area contributed by atoms with E-state index in [4.69, 9.17) is 0 Å². The van der Waals surface area contributed by atoms with Gasteiger partial charge in [0.05, 0.1) is 12.2 Å². The van der Waals surface area contributed by atoms with Crippen LogP contribution >= 0.6 is 11.3 Å². The lowest BCUT2D eigenvalue weighted by Gasteiger charge is -2.35. The Hall–Kier alpha value is -1.80. The van der Waals surface area contributed by atoms with Crippen molar-refractivity contribution in [2.75, 3.05) is 25.0 Å². The summed E-state index contributed by atoms with van der Waals surface area (Å²) in [6.45, 7) is 3.50. The number of piperidine rings is 1. The zero-order valence-corrected chi connectivity index (χ0v) is 15.9. The third-order valence-electron chi connectivity index (χ3n) is 5.47. The average Bonchev–Trinajstić information content (AvgIpc) is 3.19. The molecule has 0 saturated carbocycles. The van der Waals surface area contributed by atoms with Gasteiger partial charge in [-0.3, -0.25) is 9.69 Å². The molecule has 0 radical (unpaired) electrons. The number of hydrogen-bond acceptors (Lipinski definition) is 7. The van der Waals surface area contributed by atoms with Gasteiger partial charge in [0.2, 0.25) is 5.13 Å². The fourth-order valence-corrected chi connectivity index (χ4v) is 4.48. The van der Waals surface area contributed by atoms with Crippen molar-refractivity contribution >= 4 is 16.5 Å². The Morgan fingerprint density at radius 3 is 3.00 bits per heavy atom. The molecule has 2 aromatic rings. The van der Waals surface area contributed by atoms with E-state index in [9.17, 15) is 4.79 Å². The second-order valence-corrected chi connectivity index (χ2v) is 8.03. The second kappa shape index (κ2) is 8.26. The van der Waals surface area contributed by atoms with Gasteiger partial charge < -0.3 is 5.32 Å². The van der Waals surface area contributed by atoms with E-state index < -0.39 is 0 Å². The zero-order chi connectivity index (χ0) is 17.8. The van der Waals surface area contributed by atoms with Crippen LogP contribution in [0.15, 0.2) is 16.4 Å². The van der Waals surface area contributed by atoms with Crippen molar-refractivity contribution in [3.8, 4) is 0 Å². The smallest absolute Gasteiger partial charge is 0.267 e. The van der Waals surface area contributed by atoms with Crippen LogP contribution in [0, 0.1) is 0 Å². The Balaban J connectivity index is 1.38. The number of aryl methyl sites for hydroxylation is 2. The summed E-state index contributed by atoms with van der Waals surface area (Å²) in [6, 6.07) is 2.28. The fraction of sp³-hybridized carbons (Fsp3) is 0.667. The highest BCUT2D eigenvalue weighted by Gasteiger charge is 2.23. The molecule has 1 saturated heterocycles. The molecule has 140 valence electrons. The fourth-order valence-electron chi connectivity index (χ4n) is 4.03. The van der Waals surface area contributed by atoms with Crippen LogP contribution in [0.25, 0.3) is 0 Å². The lowest BCUT2D eigenvalue weighted by atomic mass is 9.97. The lowest BCUT2D eigenvalue weighted by molar-refractivity contribution is 0.148. The highest BCUT2D eigenvalue weighted by Crippen LogP contribution is 2.19. The molecule has 1 atom stereocenters. The van der Waals surface area contributed by atoms with Crippen molar-refractivity contribution in [3.05, 3.63) is 33.2 Å². The van der Waals surface area contributed by atoms with E-state index in [1.807, 2.05) is 6.07 Å². The van der Waals surface area contributed by atoms with E-state index in [1.165, 1.54) is 43.4 Å². The minimum absolute atomic E-state index is 0.0474. The Morgan fingerprint density at radius 1 is 1.19 bits per heavy atom. The number of likely N-dealkylation sites (tertiary alicyclic amines) is 1. The SMILES string of the molecule is O=c1cc2c(nn1CCN1CCCCC1CNc1nncs1)CCCC2. The van der Waals surface area contributed by atoms with Crippen molar-refractivity contribution in [3.63, 3.8) is 0 Å². The van der Waals surface area contributed by atoms with Crippen molar-refractivity contribution in [2.45, 2.75) is 57.5 Å². The molecule has 26 heavy (non-hydrogen) atoms. The molecule has 1 fully saturated rings. The van der Waals surface area contributed by atoms with Gasteiger partial charge in [-0.1, -0.05) is 17.8 Å². The molecule has 1 N–H and O–H groups in total. The second-order valence-electron chi connectivity index (χ2n) is 7.20. The summed E-state index contributed by atoms with van der Waals surface area (Å²) in [5.41, 5.74) is 4.08. The van der Waals surface area contributed by atoms with Gasteiger partial charge in [0, 0.05) is 25.2 Å². The van der Waals surface area contributed by atoms with E-state index in [1.54, 1.807) is 10.2 Å². The van der Waals surface area contributed by atoms with Crippen molar-refractivity contribution in [2.24, 2.45) is 0 Å². The summed E-state index contributed by atoms with van der Waals surface area (Å²) in [6.07, 6.45) is 8.03. The Labute approximate surface area is 157 Å². The number of fused-ring (bicyclic) bond motifs is 1. The normalized spacial score (nSPS) is 20.7. The Kier molecular flexibility index (Phi) is 5.59. The summed E-state index contributed by atoms with van der Waals surface area (Å²) in [4.78, 5) is 14.9. The van der Waals surface area contributed by atoms with Crippen LogP contribution in [0.4, 0.5) is 5.13 Å². The van der Waals surface area contributed by atoms with E-state index in [0.717, 1.165) is 48.9 Å². The minimum Gasteiger partial charge on any atom is -0.359 e. The minimum atomic E-state index is 0.0474. The summed E-state index contributed by atoms with van der Waals surface area (Å²) >= 11 is 1.53. The monoisotopic (exact) mass is 374 g/mol. The molecule has 4 rings (SSSR count). The van der Waals surface area contributed by atoms with Crippen LogP contribution in [0.5, 0.6) is 0 Å².